The third-order valence-electron chi connectivity index (χ3n) is 3.82. The second kappa shape index (κ2) is 6.61. The molecule has 1 amide bonds. The number of amides is 1. The number of methoxy groups -OCH3 is 1. The molecular formula is C15H21NO4. The van der Waals surface area contributed by atoms with Gasteiger partial charge in [0.15, 0.2) is 11.5 Å². The number of aliphatic hydroxyl groups excluding tert-OH is 1. The third kappa shape index (κ3) is 2.88. The van der Waals surface area contributed by atoms with Crippen LogP contribution >= 0.6 is 0 Å². The molecule has 0 heterocycles. The first kappa shape index (κ1) is 14.7. The van der Waals surface area contributed by atoms with Crippen LogP contribution in [0.15, 0.2) is 18.2 Å². The number of benzene rings is 1. The normalized spacial score (nSPS) is 15.3. The number of hydrogen-bond acceptors (Lipinski definition) is 4. The Morgan fingerprint density at radius 3 is 2.70 bits per heavy atom. The van der Waals surface area contributed by atoms with Crippen LogP contribution in [0.25, 0.3) is 0 Å². The van der Waals surface area contributed by atoms with E-state index in [2.05, 4.69) is 0 Å². The van der Waals surface area contributed by atoms with Crippen molar-refractivity contribution in [1.29, 1.82) is 0 Å². The summed E-state index contributed by atoms with van der Waals surface area (Å²) in [5.41, 5.74) is 0.227. The zero-order valence-electron chi connectivity index (χ0n) is 11.7. The molecular weight excluding hydrogens is 258 g/mol. The topological polar surface area (TPSA) is 70.0 Å². The van der Waals surface area contributed by atoms with Gasteiger partial charge in [0.2, 0.25) is 0 Å². The van der Waals surface area contributed by atoms with E-state index in [1.54, 1.807) is 23.1 Å². The first-order valence-corrected chi connectivity index (χ1v) is 6.96. The standard InChI is InChI=1S/C15H21NO4/c1-20-13-8-4-7-12(14(13)18)15(19)16(9-10-17)11-5-2-3-6-11/h4,7-8,11,17-18H,2-3,5-6,9-10H2,1H3. The highest BCUT2D eigenvalue weighted by Gasteiger charge is 2.28. The molecule has 2 N–H and O–H groups in total. The quantitative estimate of drug-likeness (QED) is 0.862. The largest absolute Gasteiger partial charge is 0.504 e. The van der Waals surface area contributed by atoms with E-state index in [1.807, 2.05) is 0 Å². The van der Waals surface area contributed by atoms with Crippen molar-refractivity contribution < 1.29 is 19.7 Å². The van der Waals surface area contributed by atoms with Crippen molar-refractivity contribution in [2.24, 2.45) is 0 Å². The van der Waals surface area contributed by atoms with Crippen LogP contribution in [0, 0.1) is 0 Å². The van der Waals surface area contributed by atoms with Gasteiger partial charge in [-0.2, -0.15) is 0 Å². The number of rotatable bonds is 5. The fraction of sp³-hybridized carbons (Fsp3) is 0.533. The van der Waals surface area contributed by atoms with Gasteiger partial charge in [-0.05, 0) is 25.0 Å². The number of carbonyl (C=O) groups is 1. The summed E-state index contributed by atoms with van der Waals surface area (Å²) in [5.74, 6) is -0.102. The maximum Gasteiger partial charge on any atom is 0.258 e. The number of para-hydroxylation sites is 1. The Morgan fingerprint density at radius 1 is 1.40 bits per heavy atom. The van der Waals surface area contributed by atoms with E-state index < -0.39 is 0 Å². The summed E-state index contributed by atoms with van der Waals surface area (Å²) in [4.78, 5) is 14.3. The Labute approximate surface area is 118 Å². The van der Waals surface area contributed by atoms with Gasteiger partial charge in [0.25, 0.3) is 5.91 Å². The lowest BCUT2D eigenvalue weighted by Gasteiger charge is -2.28. The van der Waals surface area contributed by atoms with Gasteiger partial charge in [0, 0.05) is 12.6 Å². The molecule has 0 bridgehead atoms. The second-order valence-corrected chi connectivity index (χ2v) is 5.02. The van der Waals surface area contributed by atoms with Crippen molar-refractivity contribution in [3.63, 3.8) is 0 Å². The van der Waals surface area contributed by atoms with Crippen molar-refractivity contribution in [2.75, 3.05) is 20.3 Å². The Morgan fingerprint density at radius 2 is 2.10 bits per heavy atom. The molecule has 20 heavy (non-hydrogen) atoms. The summed E-state index contributed by atoms with van der Waals surface area (Å²) in [5, 5.41) is 19.3. The van der Waals surface area contributed by atoms with Crippen LogP contribution in [0.3, 0.4) is 0 Å². The van der Waals surface area contributed by atoms with E-state index in [9.17, 15) is 15.0 Å². The van der Waals surface area contributed by atoms with Crippen LogP contribution in [0.2, 0.25) is 0 Å². The number of aromatic hydroxyl groups is 1. The van der Waals surface area contributed by atoms with Crippen molar-refractivity contribution >= 4 is 5.91 Å². The van der Waals surface area contributed by atoms with Crippen molar-refractivity contribution in [3.05, 3.63) is 23.8 Å². The maximum absolute atomic E-state index is 12.6. The first-order valence-electron chi connectivity index (χ1n) is 6.96. The molecule has 110 valence electrons. The van der Waals surface area contributed by atoms with Crippen LogP contribution in [-0.2, 0) is 0 Å². The van der Waals surface area contributed by atoms with Gasteiger partial charge in [-0.25, -0.2) is 0 Å². The van der Waals surface area contributed by atoms with E-state index in [0.717, 1.165) is 25.7 Å². The molecule has 0 unspecified atom stereocenters. The summed E-state index contributed by atoms with van der Waals surface area (Å²) < 4.78 is 5.03. The molecule has 1 aliphatic carbocycles. The fourth-order valence-corrected chi connectivity index (χ4v) is 2.79. The SMILES string of the molecule is COc1cccc(C(=O)N(CCO)C2CCCC2)c1O. The number of hydrogen-bond donors (Lipinski definition) is 2. The third-order valence-corrected chi connectivity index (χ3v) is 3.82. The zero-order chi connectivity index (χ0) is 14.5. The lowest BCUT2D eigenvalue weighted by atomic mass is 10.1. The van der Waals surface area contributed by atoms with E-state index >= 15 is 0 Å². The molecule has 1 aromatic carbocycles. The Bertz CT molecular complexity index is 469. The number of phenolic OH excluding ortho intramolecular Hbond substituents is 1. The lowest BCUT2D eigenvalue weighted by Crippen LogP contribution is -2.40. The minimum Gasteiger partial charge on any atom is -0.504 e. The van der Waals surface area contributed by atoms with Crippen LogP contribution in [-0.4, -0.2) is 47.3 Å². The average molecular weight is 279 g/mol. The molecule has 5 nitrogen and oxygen atoms in total. The Hall–Kier alpha value is -1.75. The Kier molecular flexibility index (Phi) is 4.84. The van der Waals surface area contributed by atoms with E-state index in [4.69, 9.17) is 4.74 Å². The molecule has 0 saturated heterocycles. The number of aliphatic hydroxyl groups is 1. The second-order valence-electron chi connectivity index (χ2n) is 5.02. The molecule has 5 heteroatoms. The first-order chi connectivity index (χ1) is 9.69. The minimum atomic E-state index is -0.248. The molecule has 1 saturated carbocycles. The van der Waals surface area contributed by atoms with Gasteiger partial charge >= 0.3 is 0 Å². The van der Waals surface area contributed by atoms with E-state index in [-0.39, 0.29) is 35.6 Å². The maximum atomic E-state index is 12.6. The average Bonchev–Trinajstić information content (AvgIpc) is 2.98. The van der Waals surface area contributed by atoms with Crippen molar-refractivity contribution in [1.82, 2.24) is 4.90 Å². The highest BCUT2D eigenvalue weighted by Crippen LogP contribution is 2.32. The van der Waals surface area contributed by atoms with Gasteiger partial charge in [-0.3, -0.25) is 4.79 Å². The monoisotopic (exact) mass is 279 g/mol. The molecule has 0 radical (unpaired) electrons. The van der Waals surface area contributed by atoms with Crippen molar-refractivity contribution in [3.8, 4) is 11.5 Å². The van der Waals surface area contributed by atoms with Gasteiger partial charge in [-0.15, -0.1) is 0 Å². The lowest BCUT2D eigenvalue weighted by molar-refractivity contribution is 0.0634. The number of phenols is 1. The smallest absolute Gasteiger partial charge is 0.258 e. The van der Waals surface area contributed by atoms with E-state index in [0.29, 0.717) is 6.54 Å². The number of nitrogens with zero attached hydrogens (tertiary/aromatic N) is 1. The molecule has 2 rings (SSSR count). The molecule has 1 fully saturated rings. The van der Waals surface area contributed by atoms with E-state index in [1.165, 1.54) is 7.11 Å². The highest BCUT2D eigenvalue weighted by atomic mass is 16.5. The summed E-state index contributed by atoms with van der Waals surface area (Å²) in [6.45, 7) is 0.215. The molecule has 0 aromatic heterocycles. The van der Waals surface area contributed by atoms with Crippen molar-refractivity contribution in [2.45, 2.75) is 31.7 Å². The summed E-state index contributed by atoms with van der Waals surface area (Å²) in [6.07, 6.45) is 4.11. The van der Waals surface area contributed by atoms with Crippen LogP contribution in [0.4, 0.5) is 0 Å². The fourth-order valence-electron chi connectivity index (χ4n) is 2.79. The predicted molar refractivity (Wildman–Crippen MR) is 75.0 cm³/mol. The highest BCUT2D eigenvalue weighted by molar-refractivity contribution is 5.97. The summed E-state index contributed by atoms with van der Waals surface area (Å²) >= 11 is 0. The molecule has 1 aliphatic rings. The summed E-state index contributed by atoms with van der Waals surface area (Å²) in [7, 11) is 1.45. The van der Waals surface area contributed by atoms with Gasteiger partial charge < -0.3 is 19.8 Å². The minimum absolute atomic E-state index is 0.0764. The van der Waals surface area contributed by atoms with Gasteiger partial charge in [-0.1, -0.05) is 18.9 Å². The molecule has 0 atom stereocenters. The van der Waals surface area contributed by atoms with Crippen LogP contribution < -0.4 is 4.74 Å². The predicted octanol–water partition coefficient (Wildman–Crippen LogP) is 1.78. The zero-order valence-corrected chi connectivity index (χ0v) is 11.7. The molecule has 1 aromatic rings. The molecule has 0 aliphatic heterocycles. The number of ether oxygens (including phenoxy) is 1. The summed E-state index contributed by atoms with van der Waals surface area (Å²) in [6, 6.07) is 5.02. The van der Waals surface area contributed by atoms with Gasteiger partial charge in [0.05, 0.1) is 19.3 Å². The number of carbonyl (C=O) groups excluding carboxylic acids is 1. The molecule has 0 spiro atoms. The Balaban J connectivity index is 2.27. The van der Waals surface area contributed by atoms with Crippen LogP contribution in [0.5, 0.6) is 11.5 Å². The van der Waals surface area contributed by atoms with Gasteiger partial charge in [0.1, 0.15) is 0 Å². The van der Waals surface area contributed by atoms with Crippen LogP contribution in [0.1, 0.15) is 36.0 Å².